The topological polar surface area (TPSA) is 75.1 Å². The van der Waals surface area contributed by atoms with E-state index in [9.17, 15) is 4.79 Å². The lowest BCUT2D eigenvalue weighted by atomic mass is 9.95. The normalized spacial score (nSPS) is 11.4. The molecule has 0 fully saturated rings. The molecule has 0 radical (unpaired) electrons. The van der Waals surface area contributed by atoms with E-state index in [0.29, 0.717) is 11.4 Å². The van der Waals surface area contributed by atoms with Crippen molar-refractivity contribution in [2.24, 2.45) is 5.41 Å². The maximum atomic E-state index is 11.4. The Kier molecular flexibility index (Phi) is 3.54. The predicted octanol–water partition coefficient (Wildman–Crippen LogP) is 0.286. The molecule has 0 bridgehead atoms. The molecule has 0 aliphatic rings. The van der Waals surface area contributed by atoms with E-state index in [0.717, 1.165) is 11.5 Å². The molecule has 14 heavy (non-hydrogen) atoms. The number of carbonyl (C=O) groups excluding carboxylic acids is 1. The van der Waals surface area contributed by atoms with Gasteiger partial charge >= 0.3 is 0 Å². The van der Waals surface area contributed by atoms with E-state index in [1.807, 2.05) is 13.8 Å². The van der Waals surface area contributed by atoms with Crippen LogP contribution in [0.5, 0.6) is 0 Å². The number of amides is 1. The minimum Gasteiger partial charge on any atom is -0.396 e. The van der Waals surface area contributed by atoms with Crippen LogP contribution in [0.15, 0.2) is 6.20 Å². The summed E-state index contributed by atoms with van der Waals surface area (Å²) in [4.78, 5) is 11.9. The molecule has 6 heteroatoms. The average molecular weight is 215 g/mol. The first-order valence-corrected chi connectivity index (χ1v) is 4.99. The maximum Gasteiger partial charge on any atom is 0.264 e. The van der Waals surface area contributed by atoms with Gasteiger partial charge in [0.2, 0.25) is 0 Å². The second-order valence-corrected chi connectivity index (χ2v) is 4.57. The van der Waals surface area contributed by atoms with Crippen molar-refractivity contribution in [1.82, 2.24) is 14.9 Å². The first kappa shape index (κ1) is 11.1. The Morgan fingerprint density at radius 3 is 2.93 bits per heavy atom. The molecule has 0 aromatic carbocycles. The van der Waals surface area contributed by atoms with E-state index in [4.69, 9.17) is 5.11 Å². The van der Waals surface area contributed by atoms with Crippen molar-refractivity contribution in [2.75, 3.05) is 13.2 Å². The zero-order valence-electron chi connectivity index (χ0n) is 8.15. The Morgan fingerprint density at radius 1 is 1.71 bits per heavy atom. The first-order chi connectivity index (χ1) is 6.55. The van der Waals surface area contributed by atoms with Gasteiger partial charge in [-0.05, 0) is 11.5 Å². The molecular weight excluding hydrogens is 202 g/mol. The molecule has 0 spiro atoms. The Hall–Kier alpha value is -1.01. The molecule has 1 amide bonds. The van der Waals surface area contributed by atoms with Gasteiger partial charge < -0.3 is 10.4 Å². The third-order valence-corrected chi connectivity index (χ3v) is 2.40. The number of aliphatic hydroxyl groups excluding tert-OH is 1. The molecule has 5 nitrogen and oxygen atoms in total. The minimum atomic E-state index is -0.298. The molecule has 1 aromatic rings. The number of aliphatic hydroxyl groups is 1. The lowest BCUT2D eigenvalue weighted by molar-refractivity contribution is 0.0915. The monoisotopic (exact) mass is 215 g/mol. The number of aromatic nitrogens is 2. The van der Waals surface area contributed by atoms with Gasteiger partial charge in [-0.2, -0.15) is 0 Å². The second kappa shape index (κ2) is 4.47. The Balaban J connectivity index is 2.43. The summed E-state index contributed by atoms with van der Waals surface area (Å²) in [5.74, 6) is -0.193. The summed E-state index contributed by atoms with van der Waals surface area (Å²) in [5.41, 5.74) is -0.298. The number of nitrogens with zero attached hydrogens (tertiary/aromatic N) is 2. The highest BCUT2D eigenvalue weighted by Crippen LogP contribution is 2.12. The molecule has 0 atom stereocenters. The summed E-state index contributed by atoms with van der Waals surface area (Å²) < 4.78 is 3.59. The fourth-order valence-electron chi connectivity index (χ4n) is 0.730. The molecule has 0 aliphatic carbocycles. The number of hydrogen-bond acceptors (Lipinski definition) is 5. The average Bonchev–Trinajstić information content (AvgIpc) is 2.67. The Labute approximate surface area is 86.3 Å². The number of nitrogens with one attached hydrogen (secondary N) is 1. The van der Waals surface area contributed by atoms with Gasteiger partial charge in [0.15, 0.2) is 0 Å². The summed E-state index contributed by atoms with van der Waals surface area (Å²) in [5, 5.41) is 15.2. The molecule has 1 aromatic heterocycles. The van der Waals surface area contributed by atoms with E-state index in [1.165, 1.54) is 6.20 Å². The molecular formula is C8H13N3O2S. The van der Waals surface area contributed by atoms with Crippen LogP contribution in [0.1, 0.15) is 23.5 Å². The van der Waals surface area contributed by atoms with Crippen molar-refractivity contribution in [3.63, 3.8) is 0 Å². The molecule has 1 heterocycles. The lowest BCUT2D eigenvalue weighted by Gasteiger charge is -2.21. The number of rotatable bonds is 4. The third-order valence-electron chi connectivity index (χ3n) is 1.74. The van der Waals surface area contributed by atoms with E-state index in [2.05, 4.69) is 14.9 Å². The summed E-state index contributed by atoms with van der Waals surface area (Å²) in [6, 6.07) is 0. The molecule has 0 saturated heterocycles. The van der Waals surface area contributed by atoms with Crippen molar-refractivity contribution in [3.8, 4) is 0 Å². The summed E-state index contributed by atoms with van der Waals surface area (Å²) >= 11 is 1.05. The molecule has 2 N–H and O–H groups in total. The van der Waals surface area contributed by atoms with E-state index < -0.39 is 0 Å². The van der Waals surface area contributed by atoms with E-state index in [1.54, 1.807) is 0 Å². The van der Waals surface area contributed by atoms with Gasteiger partial charge in [0, 0.05) is 18.6 Å². The van der Waals surface area contributed by atoms with E-state index in [-0.39, 0.29) is 17.9 Å². The van der Waals surface area contributed by atoms with E-state index >= 15 is 0 Å². The van der Waals surface area contributed by atoms with Gasteiger partial charge in [0.25, 0.3) is 5.91 Å². The third kappa shape index (κ3) is 3.04. The van der Waals surface area contributed by atoms with Crippen molar-refractivity contribution in [1.29, 1.82) is 0 Å². The highest BCUT2D eigenvalue weighted by Gasteiger charge is 2.18. The number of carbonyl (C=O) groups is 1. The van der Waals surface area contributed by atoms with Crippen LogP contribution in [0.25, 0.3) is 0 Å². The minimum absolute atomic E-state index is 0.0359. The van der Waals surface area contributed by atoms with Gasteiger partial charge in [-0.1, -0.05) is 18.3 Å². The standard InChI is InChI=1S/C8H13N3O2S/c1-8(2,5-12)4-9-7(13)6-3-10-11-14-6/h3,12H,4-5H2,1-2H3,(H,9,13). The molecule has 0 aliphatic heterocycles. The zero-order chi connectivity index (χ0) is 10.6. The highest BCUT2D eigenvalue weighted by atomic mass is 32.1. The lowest BCUT2D eigenvalue weighted by Crippen LogP contribution is -2.35. The molecule has 78 valence electrons. The van der Waals surface area contributed by atoms with Crippen molar-refractivity contribution >= 4 is 17.4 Å². The van der Waals surface area contributed by atoms with Crippen LogP contribution in [-0.2, 0) is 0 Å². The van der Waals surface area contributed by atoms with Gasteiger partial charge in [0.1, 0.15) is 4.88 Å². The van der Waals surface area contributed by atoms with Crippen LogP contribution in [-0.4, -0.2) is 33.8 Å². The van der Waals surface area contributed by atoms with Crippen LogP contribution in [0.4, 0.5) is 0 Å². The fourth-order valence-corrected chi connectivity index (χ4v) is 1.16. The van der Waals surface area contributed by atoms with Gasteiger partial charge in [0.05, 0.1) is 6.20 Å². The largest absolute Gasteiger partial charge is 0.396 e. The second-order valence-electron chi connectivity index (χ2n) is 3.79. The van der Waals surface area contributed by atoms with Gasteiger partial charge in [-0.15, -0.1) is 5.10 Å². The maximum absolute atomic E-state index is 11.4. The molecule has 0 saturated carbocycles. The zero-order valence-corrected chi connectivity index (χ0v) is 8.97. The highest BCUT2D eigenvalue weighted by molar-refractivity contribution is 7.07. The van der Waals surface area contributed by atoms with Gasteiger partial charge in [-0.3, -0.25) is 4.79 Å². The van der Waals surface area contributed by atoms with Crippen molar-refractivity contribution < 1.29 is 9.90 Å². The first-order valence-electron chi connectivity index (χ1n) is 4.21. The Bertz CT molecular complexity index is 298. The van der Waals surface area contributed by atoms with Crippen molar-refractivity contribution in [2.45, 2.75) is 13.8 Å². The van der Waals surface area contributed by atoms with Crippen LogP contribution in [0.2, 0.25) is 0 Å². The summed E-state index contributed by atoms with van der Waals surface area (Å²) in [6.45, 7) is 4.21. The quantitative estimate of drug-likeness (QED) is 0.756. The Morgan fingerprint density at radius 2 is 2.43 bits per heavy atom. The molecule has 1 rings (SSSR count). The number of hydrogen-bond donors (Lipinski definition) is 2. The van der Waals surface area contributed by atoms with Crippen LogP contribution >= 0.6 is 11.5 Å². The smallest absolute Gasteiger partial charge is 0.264 e. The molecule has 0 unspecified atom stereocenters. The van der Waals surface area contributed by atoms with Crippen molar-refractivity contribution in [3.05, 3.63) is 11.1 Å². The van der Waals surface area contributed by atoms with Crippen LogP contribution < -0.4 is 5.32 Å². The SMILES string of the molecule is CC(C)(CO)CNC(=O)c1cnns1. The van der Waals surface area contributed by atoms with Crippen LogP contribution in [0, 0.1) is 5.41 Å². The summed E-state index contributed by atoms with van der Waals surface area (Å²) in [7, 11) is 0. The summed E-state index contributed by atoms with van der Waals surface area (Å²) in [6.07, 6.45) is 1.42. The van der Waals surface area contributed by atoms with Gasteiger partial charge in [-0.25, -0.2) is 0 Å². The fraction of sp³-hybridized carbons (Fsp3) is 0.625. The predicted molar refractivity (Wildman–Crippen MR) is 53.1 cm³/mol. The van der Waals surface area contributed by atoms with Crippen LogP contribution in [0.3, 0.4) is 0 Å².